The van der Waals surface area contributed by atoms with Gasteiger partial charge in [-0.25, -0.2) is 0 Å². The van der Waals surface area contributed by atoms with Crippen LogP contribution in [0, 0.1) is 5.92 Å². The van der Waals surface area contributed by atoms with Gasteiger partial charge in [0.2, 0.25) is 5.91 Å². The third kappa shape index (κ3) is 1.55. The highest BCUT2D eigenvalue weighted by molar-refractivity contribution is 9.10. The molecule has 114 valence electrons. The highest BCUT2D eigenvalue weighted by Gasteiger charge is 2.67. The van der Waals surface area contributed by atoms with E-state index < -0.39 is 35.1 Å². The van der Waals surface area contributed by atoms with Gasteiger partial charge in [-0.2, -0.15) is 0 Å². The SMILES string of the molecule is COC(=O)C1C(=O)NC(=O)C12c1ccc(Br)cc1C(=O)N2C. The number of nitrogens with one attached hydrogen (secondary N) is 1. The average molecular weight is 367 g/mol. The minimum absolute atomic E-state index is 0.274. The summed E-state index contributed by atoms with van der Waals surface area (Å²) >= 11 is 3.26. The van der Waals surface area contributed by atoms with E-state index in [0.29, 0.717) is 10.0 Å². The number of imide groups is 1. The predicted molar refractivity (Wildman–Crippen MR) is 76.6 cm³/mol. The van der Waals surface area contributed by atoms with Crippen LogP contribution >= 0.6 is 15.9 Å². The normalized spacial score (nSPS) is 26.4. The number of hydrogen-bond acceptors (Lipinski definition) is 5. The number of likely N-dealkylation sites (N-methyl/N-ethyl adjacent to an activating group) is 1. The molecule has 1 N–H and O–H groups in total. The van der Waals surface area contributed by atoms with Gasteiger partial charge in [0.15, 0.2) is 11.5 Å². The number of methoxy groups -OCH3 is 1. The van der Waals surface area contributed by atoms with Crippen molar-refractivity contribution < 1.29 is 23.9 Å². The monoisotopic (exact) mass is 366 g/mol. The molecule has 8 heteroatoms. The molecule has 2 aliphatic rings. The van der Waals surface area contributed by atoms with E-state index in [1.54, 1.807) is 18.2 Å². The molecule has 2 aliphatic heterocycles. The van der Waals surface area contributed by atoms with Gasteiger partial charge in [0.05, 0.1) is 7.11 Å². The lowest BCUT2D eigenvalue weighted by molar-refractivity contribution is -0.154. The molecule has 0 bridgehead atoms. The molecule has 22 heavy (non-hydrogen) atoms. The first-order valence-corrected chi connectivity index (χ1v) is 7.16. The van der Waals surface area contributed by atoms with Crippen LogP contribution in [0.25, 0.3) is 0 Å². The van der Waals surface area contributed by atoms with Crippen molar-refractivity contribution in [2.24, 2.45) is 5.92 Å². The molecule has 2 atom stereocenters. The van der Waals surface area contributed by atoms with Crippen molar-refractivity contribution in [3.05, 3.63) is 33.8 Å². The summed E-state index contributed by atoms with van der Waals surface area (Å²) in [6.45, 7) is 0. The van der Waals surface area contributed by atoms with Crippen LogP contribution in [0.2, 0.25) is 0 Å². The van der Waals surface area contributed by atoms with Gasteiger partial charge in [-0.1, -0.05) is 22.0 Å². The molecule has 2 unspecified atom stereocenters. The minimum atomic E-state index is -1.70. The second-order valence-electron chi connectivity index (χ2n) is 5.10. The fourth-order valence-electron chi connectivity index (χ4n) is 3.17. The lowest BCUT2D eigenvalue weighted by Gasteiger charge is -2.32. The summed E-state index contributed by atoms with van der Waals surface area (Å²) < 4.78 is 5.32. The molecular weight excluding hydrogens is 356 g/mol. The van der Waals surface area contributed by atoms with E-state index in [1.807, 2.05) is 0 Å². The van der Waals surface area contributed by atoms with Crippen LogP contribution < -0.4 is 5.32 Å². The van der Waals surface area contributed by atoms with Crippen LogP contribution in [0.15, 0.2) is 22.7 Å². The molecular formula is C14H11BrN2O5. The van der Waals surface area contributed by atoms with E-state index in [1.165, 1.54) is 7.05 Å². The number of amides is 3. The Hall–Kier alpha value is -2.22. The number of hydrogen-bond donors (Lipinski definition) is 1. The standard InChI is InChI=1S/C14H11BrN2O5/c1-17-11(19)7-5-6(15)3-4-8(7)14(17)9(12(20)22-2)10(18)16-13(14)21/h3-5,9H,1-2H3,(H,16,18,21). The Bertz CT molecular complexity index is 747. The summed E-state index contributed by atoms with van der Waals surface area (Å²) in [5, 5.41) is 2.14. The molecule has 0 aromatic heterocycles. The van der Waals surface area contributed by atoms with Gasteiger partial charge in [-0.3, -0.25) is 24.5 Å². The van der Waals surface area contributed by atoms with E-state index in [2.05, 4.69) is 26.0 Å². The number of carbonyl (C=O) groups is 4. The Morgan fingerprint density at radius 1 is 1.36 bits per heavy atom. The number of ether oxygens (including phenoxy) is 1. The maximum Gasteiger partial charge on any atom is 0.321 e. The smallest absolute Gasteiger partial charge is 0.321 e. The zero-order valence-electron chi connectivity index (χ0n) is 11.7. The Morgan fingerprint density at radius 2 is 2.05 bits per heavy atom. The zero-order chi connectivity index (χ0) is 16.2. The van der Waals surface area contributed by atoms with Crippen molar-refractivity contribution in [2.75, 3.05) is 14.2 Å². The molecule has 0 saturated carbocycles. The number of esters is 1. The van der Waals surface area contributed by atoms with Crippen molar-refractivity contribution in [1.29, 1.82) is 0 Å². The van der Waals surface area contributed by atoms with Gasteiger partial charge >= 0.3 is 5.97 Å². The van der Waals surface area contributed by atoms with Gasteiger partial charge in [0, 0.05) is 22.6 Å². The van der Waals surface area contributed by atoms with Crippen LogP contribution in [-0.2, 0) is 24.7 Å². The Balaban J connectivity index is 2.32. The van der Waals surface area contributed by atoms with Gasteiger partial charge in [-0.05, 0) is 12.1 Å². The summed E-state index contributed by atoms with van der Waals surface area (Å²) in [5.41, 5.74) is -1.10. The first-order chi connectivity index (χ1) is 10.4. The van der Waals surface area contributed by atoms with E-state index in [9.17, 15) is 19.2 Å². The summed E-state index contributed by atoms with van der Waals surface area (Å²) in [5.74, 6) is -4.20. The Kier molecular flexibility index (Phi) is 3.10. The molecule has 2 heterocycles. The van der Waals surface area contributed by atoms with Gasteiger partial charge in [0.25, 0.3) is 11.8 Å². The van der Waals surface area contributed by atoms with Crippen LogP contribution in [0.3, 0.4) is 0 Å². The van der Waals surface area contributed by atoms with E-state index in [4.69, 9.17) is 0 Å². The molecule has 1 aromatic rings. The van der Waals surface area contributed by atoms with Gasteiger partial charge < -0.3 is 9.64 Å². The van der Waals surface area contributed by atoms with Crippen molar-refractivity contribution in [1.82, 2.24) is 10.2 Å². The number of halogens is 1. The second kappa shape index (κ2) is 4.64. The van der Waals surface area contributed by atoms with Crippen LogP contribution in [0.4, 0.5) is 0 Å². The molecule has 7 nitrogen and oxygen atoms in total. The number of rotatable bonds is 1. The minimum Gasteiger partial charge on any atom is -0.468 e. The summed E-state index contributed by atoms with van der Waals surface area (Å²) in [4.78, 5) is 50.3. The average Bonchev–Trinajstić information content (AvgIpc) is 2.86. The summed E-state index contributed by atoms with van der Waals surface area (Å²) in [7, 11) is 2.52. The quantitative estimate of drug-likeness (QED) is 0.434. The van der Waals surface area contributed by atoms with Crippen LogP contribution in [-0.4, -0.2) is 42.7 Å². The third-order valence-corrected chi connectivity index (χ3v) is 4.65. The van der Waals surface area contributed by atoms with E-state index >= 15 is 0 Å². The summed E-state index contributed by atoms with van der Waals surface area (Å²) in [6.07, 6.45) is 0. The van der Waals surface area contributed by atoms with Crippen LogP contribution in [0.5, 0.6) is 0 Å². The van der Waals surface area contributed by atoms with Crippen molar-refractivity contribution in [3.63, 3.8) is 0 Å². The van der Waals surface area contributed by atoms with E-state index in [0.717, 1.165) is 12.0 Å². The molecule has 1 spiro atoms. The molecule has 0 aliphatic carbocycles. The first-order valence-electron chi connectivity index (χ1n) is 6.37. The van der Waals surface area contributed by atoms with Crippen molar-refractivity contribution in [2.45, 2.75) is 5.54 Å². The predicted octanol–water partition coefficient (Wildman–Crippen LogP) is 0.176. The lowest BCUT2D eigenvalue weighted by atomic mass is 9.79. The zero-order valence-corrected chi connectivity index (χ0v) is 13.3. The van der Waals surface area contributed by atoms with Crippen LogP contribution in [0.1, 0.15) is 15.9 Å². The Morgan fingerprint density at radius 3 is 2.68 bits per heavy atom. The molecule has 3 amide bonds. The maximum atomic E-state index is 12.5. The first kappa shape index (κ1) is 14.7. The Labute approximate surface area is 133 Å². The number of nitrogens with zero attached hydrogens (tertiary/aromatic N) is 1. The second-order valence-corrected chi connectivity index (χ2v) is 6.01. The fourth-order valence-corrected chi connectivity index (χ4v) is 3.53. The molecule has 0 radical (unpaired) electrons. The topological polar surface area (TPSA) is 92.8 Å². The maximum absolute atomic E-state index is 12.5. The lowest BCUT2D eigenvalue weighted by Crippen LogP contribution is -2.53. The number of benzene rings is 1. The third-order valence-electron chi connectivity index (χ3n) is 4.16. The largest absolute Gasteiger partial charge is 0.468 e. The molecule has 1 aromatic carbocycles. The van der Waals surface area contributed by atoms with E-state index in [-0.39, 0.29) is 5.56 Å². The fraction of sp³-hybridized carbons (Fsp3) is 0.286. The van der Waals surface area contributed by atoms with Gasteiger partial charge in [-0.15, -0.1) is 0 Å². The number of fused-ring (bicyclic) bond motifs is 2. The molecule has 1 fully saturated rings. The number of carbonyl (C=O) groups excluding carboxylic acids is 4. The summed E-state index contributed by atoms with van der Waals surface area (Å²) in [6, 6.07) is 4.78. The van der Waals surface area contributed by atoms with Gasteiger partial charge in [0.1, 0.15) is 0 Å². The molecule has 3 rings (SSSR count). The highest BCUT2D eigenvalue weighted by atomic mass is 79.9. The van der Waals surface area contributed by atoms with Crippen molar-refractivity contribution in [3.8, 4) is 0 Å². The highest BCUT2D eigenvalue weighted by Crippen LogP contribution is 2.47. The molecule has 1 saturated heterocycles. The van der Waals surface area contributed by atoms with Crippen molar-refractivity contribution >= 4 is 39.6 Å².